The SMILES string of the molecule is Cc1ccccc1CC(=O)N1CCCC(c2cccc(OC(C)(C)C(=O)O)c2)C1. The Morgan fingerprint density at radius 1 is 1.17 bits per heavy atom. The summed E-state index contributed by atoms with van der Waals surface area (Å²) in [5.74, 6) is -0.0868. The summed E-state index contributed by atoms with van der Waals surface area (Å²) in [6.07, 6.45) is 2.38. The lowest BCUT2D eigenvalue weighted by Gasteiger charge is -2.33. The molecule has 1 saturated heterocycles. The molecule has 3 rings (SSSR count). The van der Waals surface area contributed by atoms with Crippen molar-refractivity contribution in [1.29, 1.82) is 0 Å². The average molecular weight is 395 g/mol. The fourth-order valence-corrected chi connectivity index (χ4v) is 3.73. The normalized spacial score (nSPS) is 17.1. The van der Waals surface area contributed by atoms with Gasteiger partial charge in [-0.1, -0.05) is 36.4 Å². The zero-order chi connectivity index (χ0) is 21.0. The molecule has 1 N–H and O–H groups in total. The van der Waals surface area contributed by atoms with Gasteiger partial charge in [0.05, 0.1) is 6.42 Å². The standard InChI is InChI=1S/C24H29NO4/c1-17-8-4-5-9-18(17)15-22(26)25-13-7-11-20(16-25)19-10-6-12-21(14-19)29-24(2,3)23(27)28/h4-6,8-10,12,14,20H,7,11,13,15-16H2,1-3H3,(H,27,28). The highest BCUT2D eigenvalue weighted by Crippen LogP contribution is 2.30. The van der Waals surface area contributed by atoms with Gasteiger partial charge in [0.1, 0.15) is 5.75 Å². The van der Waals surface area contributed by atoms with Crippen molar-refractivity contribution >= 4 is 11.9 Å². The molecule has 0 aliphatic carbocycles. The zero-order valence-corrected chi connectivity index (χ0v) is 17.4. The molecule has 154 valence electrons. The molecule has 1 amide bonds. The number of aryl methyl sites for hydroxylation is 1. The number of nitrogens with zero attached hydrogens (tertiary/aromatic N) is 1. The maximum atomic E-state index is 12.9. The van der Waals surface area contributed by atoms with Crippen molar-refractivity contribution in [2.45, 2.75) is 51.6 Å². The van der Waals surface area contributed by atoms with Crippen molar-refractivity contribution in [3.8, 4) is 5.75 Å². The molecule has 1 unspecified atom stereocenters. The van der Waals surface area contributed by atoms with Gasteiger partial charge in [-0.15, -0.1) is 0 Å². The lowest BCUT2D eigenvalue weighted by atomic mass is 9.90. The minimum Gasteiger partial charge on any atom is -0.478 e. The molecule has 0 saturated carbocycles. The molecule has 2 aromatic rings. The largest absolute Gasteiger partial charge is 0.478 e. The van der Waals surface area contributed by atoms with Crippen LogP contribution >= 0.6 is 0 Å². The Morgan fingerprint density at radius 2 is 1.93 bits per heavy atom. The third-order valence-electron chi connectivity index (χ3n) is 5.59. The highest BCUT2D eigenvalue weighted by molar-refractivity contribution is 5.79. The van der Waals surface area contributed by atoms with E-state index in [1.54, 1.807) is 6.07 Å². The molecular formula is C24H29NO4. The number of rotatable bonds is 6. The van der Waals surface area contributed by atoms with Gasteiger partial charge in [-0.25, -0.2) is 4.79 Å². The van der Waals surface area contributed by atoms with Gasteiger partial charge >= 0.3 is 5.97 Å². The maximum absolute atomic E-state index is 12.9. The second kappa shape index (κ2) is 8.68. The topological polar surface area (TPSA) is 66.8 Å². The highest BCUT2D eigenvalue weighted by Gasteiger charge is 2.30. The van der Waals surface area contributed by atoms with Crippen LogP contribution in [-0.4, -0.2) is 40.6 Å². The van der Waals surface area contributed by atoms with Crippen LogP contribution in [0.4, 0.5) is 0 Å². The van der Waals surface area contributed by atoms with Crippen molar-refractivity contribution < 1.29 is 19.4 Å². The van der Waals surface area contributed by atoms with Gasteiger partial charge in [-0.05, 0) is 62.4 Å². The fraction of sp³-hybridized carbons (Fsp3) is 0.417. The summed E-state index contributed by atoms with van der Waals surface area (Å²) in [6, 6.07) is 15.6. The van der Waals surface area contributed by atoms with Crippen LogP contribution in [0.1, 0.15) is 49.3 Å². The van der Waals surface area contributed by atoms with Crippen LogP contribution in [0, 0.1) is 6.92 Å². The van der Waals surface area contributed by atoms with E-state index < -0.39 is 11.6 Å². The number of hydrogen-bond donors (Lipinski definition) is 1. The molecule has 1 aliphatic rings. The van der Waals surface area contributed by atoms with Crippen LogP contribution in [0.2, 0.25) is 0 Å². The molecule has 0 aromatic heterocycles. The predicted octanol–water partition coefficient (Wildman–Crippen LogP) is 4.19. The van der Waals surface area contributed by atoms with Crippen molar-refractivity contribution in [1.82, 2.24) is 4.90 Å². The maximum Gasteiger partial charge on any atom is 0.347 e. The zero-order valence-electron chi connectivity index (χ0n) is 17.4. The van der Waals surface area contributed by atoms with Crippen molar-refractivity contribution in [3.63, 3.8) is 0 Å². The van der Waals surface area contributed by atoms with Crippen LogP contribution in [-0.2, 0) is 16.0 Å². The number of aliphatic carboxylic acids is 1. The van der Waals surface area contributed by atoms with E-state index in [0.717, 1.165) is 36.1 Å². The Kier molecular flexibility index (Phi) is 6.26. The highest BCUT2D eigenvalue weighted by atomic mass is 16.5. The fourth-order valence-electron chi connectivity index (χ4n) is 3.73. The average Bonchev–Trinajstić information content (AvgIpc) is 2.69. The number of carboxylic acid groups (broad SMARTS) is 1. The lowest BCUT2D eigenvalue weighted by Crippen LogP contribution is -2.40. The summed E-state index contributed by atoms with van der Waals surface area (Å²) >= 11 is 0. The van der Waals surface area contributed by atoms with Crippen LogP contribution in [0.15, 0.2) is 48.5 Å². The van der Waals surface area contributed by atoms with E-state index in [1.165, 1.54) is 13.8 Å². The number of piperidine rings is 1. The molecule has 0 bridgehead atoms. The van der Waals surface area contributed by atoms with Gasteiger partial charge in [-0.2, -0.15) is 0 Å². The van der Waals surface area contributed by atoms with Gasteiger partial charge in [-0.3, -0.25) is 4.79 Å². The summed E-state index contributed by atoms with van der Waals surface area (Å²) in [5, 5.41) is 9.29. The minimum absolute atomic E-state index is 0.156. The molecule has 29 heavy (non-hydrogen) atoms. The molecule has 5 heteroatoms. The van der Waals surface area contributed by atoms with Gasteiger partial charge in [0, 0.05) is 19.0 Å². The van der Waals surface area contributed by atoms with Gasteiger partial charge in [0.25, 0.3) is 0 Å². The number of benzene rings is 2. The number of carbonyl (C=O) groups excluding carboxylic acids is 1. The van der Waals surface area contributed by atoms with Crippen LogP contribution in [0.25, 0.3) is 0 Å². The van der Waals surface area contributed by atoms with Crippen LogP contribution < -0.4 is 4.74 Å². The first-order valence-corrected chi connectivity index (χ1v) is 10.1. The van der Waals surface area contributed by atoms with E-state index in [1.807, 2.05) is 54.3 Å². The first-order valence-electron chi connectivity index (χ1n) is 10.1. The third-order valence-corrected chi connectivity index (χ3v) is 5.59. The Hall–Kier alpha value is -2.82. The molecule has 1 heterocycles. The van der Waals surface area contributed by atoms with E-state index in [4.69, 9.17) is 4.74 Å². The van der Waals surface area contributed by atoms with Gasteiger partial charge in [0.2, 0.25) is 5.91 Å². The van der Waals surface area contributed by atoms with E-state index in [9.17, 15) is 14.7 Å². The van der Waals surface area contributed by atoms with Crippen LogP contribution in [0.3, 0.4) is 0 Å². The smallest absolute Gasteiger partial charge is 0.347 e. The molecular weight excluding hydrogens is 366 g/mol. The van der Waals surface area contributed by atoms with E-state index in [2.05, 4.69) is 0 Å². The minimum atomic E-state index is -1.29. The monoisotopic (exact) mass is 395 g/mol. The number of likely N-dealkylation sites (tertiary alicyclic amines) is 1. The quantitative estimate of drug-likeness (QED) is 0.797. The first-order chi connectivity index (χ1) is 13.8. The predicted molar refractivity (Wildman–Crippen MR) is 112 cm³/mol. The number of carboxylic acids is 1. The Balaban J connectivity index is 1.69. The Morgan fingerprint density at radius 3 is 2.66 bits per heavy atom. The second-order valence-electron chi connectivity index (χ2n) is 8.27. The number of amides is 1. The molecule has 1 aliphatic heterocycles. The molecule has 0 spiro atoms. The second-order valence-corrected chi connectivity index (χ2v) is 8.27. The van der Waals surface area contributed by atoms with Crippen molar-refractivity contribution in [2.24, 2.45) is 0 Å². The summed E-state index contributed by atoms with van der Waals surface area (Å²) in [4.78, 5) is 26.2. The van der Waals surface area contributed by atoms with Gasteiger partial charge < -0.3 is 14.7 Å². The van der Waals surface area contributed by atoms with Crippen molar-refractivity contribution in [2.75, 3.05) is 13.1 Å². The van der Waals surface area contributed by atoms with Crippen LogP contribution in [0.5, 0.6) is 5.75 Å². The van der Waals surface area contributed by atoms with E-state index in [0.29, 0.717) is 18.7 Å². The summed E-state index contributed by atoms with van der Waals surface area (Å²) < 4.78 is 5.68. The summed E-state index contributed by atoms with van der Waals surface area (Å²) in [6.45, 7) is 6.56. The van der Waals surface area contributed by atoms with E-state index >= 15 is 0 Å². The summed E-state index contributed by atoms with van der Waals surface area (Å²) in [5.41, 5.74) is 2.00. The number of carbonyl (C=O) groups is 2. The molecule has 5 nitrogen and oxygen atoms in total. The first kappa shape index (κ1) is 20.9. The molecule has 1 fully saturated rings. The molecule has 1 atom stereocenters. The molecule has 2 aromatic carbocycles. The third kappa shape index (κ3) is 5.17. The summed E-state index contributed by atoms with van der Waals surface area (Å²) in [7, 11) is 0. The lowest BCUT2D eigenvalue weighted by molar-refractivity contribution is -0.152. The van der Waals surface area contributed by atoms with E-state index in [-0.39, 0.29) is 11.8 Å². The Bertz CT molecular complexity index is 890. The number of ether oxygens (including phenoxy) is 1. The number of hydrogen-bond acceptors (Lipinski definition) is 3. The molecule has 0 radical (unpaired) electrons. The van der Waals surface area contributed by atoms with Gasteiger partial charge in [0.15, 0.2) is 5.60 Å². The van der Waals surface area contributed by atoms with Crippen molar-refractivity contribution in [3.05, 3.63) is 65.2 Å². The Labute approximate surface area is 172 Å².